The van der Waals surface area contributed by atoms with E-state index in [0.29, 0.717) is 23.4 Å². The Morgan fingerprint density at radius 1 is 1.24 bits per heavy atom. The summed E-state index contributed by atoms with van der Waals surface area (Å²) in [5.41, 5.74) is 0.810. The molecule has 0 saturated carbocycles. The predicted octanol–water partition coefficient (Wildman–Crippen LogP) is 1.32. The lowest BCUT2D eigenvalue weighted by atomic mass is 10.1. The lowest BCUT2D eigenvalue weighted by molar-refractivity contribution is -0.165. The summed E-state index contributed by atoms with van der Waals surface area (Å²) in [5.74, 6) is 2.05. The Morgan fingerprint density at radius 3 is 2.55 bits per heavy atom. The van der Waals surface area contributed by atoms with Crippen molar-refractivity contribution in [3.63, 3.8) is 0 Å². The number of ether oxygens (including phenoxy) is 4. The number of terminal acetylenes is 1. The molecule has 2 aromatic heterocycles. The van der Waals surface area contributed by atoms with Crippen molar-refractivity contribution in [2.75, 3.05) is 6.61 Å². The summed E-state index contributed by atoms with van der Waals surface area (Å²) in [6.07, 6.45) is 4.40. The first-order valence-electron chi connectivity index (χ1n) is 9.13. The summed E-state index contributed by atoms with van der Waals surface area (Å²) in [6, 6.07) is 0. The molecule has 3 heterocycles. The normalized spacial score (nSPS) is 23.6. The molecular formula is C19H22N4O6. The van der Waals surface area contributed by atoms with Crippen molar-refractivity contribution in [2.45, 2.75) is 58.7 Å². The second-order valence-electron chi connectivity index (χ2n) is 6.51. The summed E-state index contributed by atoms with van der Waals surface area (Å²) in [5, 5.41) is 0. The Kier molecular flexibility index (Phi) is 5.98. The van der Waals surface area contributed by atoms with Gasteiger partial charge in [-0.3, -0.25) is 14.2 Å². The largest absolute Gasteiger partial charge is 0.463 e. The fourth-order valence-corrected chi connectivity index (χ4v) is 3.30. The Morgan fingerprint density at radius 2 is 1.93 bits per heavy atom. The van der Waals surface area contributed by atoms with Crippen LogP contribution in [0.3, 0.4) is 0 Å². The molecule has 0 radical (unpaired) electrons. The summed E-state index contributed by atoms with van der Waals surface area (Å²) in [7, 11) is 0. The van der Waals surface area contributed by atoms with E-state index < -0.39 is 36.5 Å². The van der Waals surface area contributed by atoms with E-state index in [9.17, 15) is 9.59 Å². The molecule has 29 heavy (non-hydrogen) atoms. The number of rotatable bonds is 6. The number of nitrogens with zero attached hydrogens (tertiary/aromatic N) is 4. The van der Waals surface area contributed by atoms with Crippen molar-refractivity contribution < 1.29 is 28.5 Å². The van der Waals surface area contributed by atoms with Crippen LogP contribution in [0, 0.1) is 19.3 Å². The molecule has 1 aliphatic rings. The molecule has 1 unspecified atom stereocenters. The number of fused-ring (bicyclic) bond motifs is 1. The van der Waals surface area contributed by atoms with Crippen LogP contribution < -0.4 is 4.74 Å². The molecule has 1 saturated heterocycles. The van der Waals surface area contributed by atoms with Gasteiger partial charge in [0, 0.05) is 13.8 Å². The summed E-state index contributed by atoms with van der Waals surface area (Å²) < 4.78 is 24.1. The van der Waals surface area contributed by atoms with E-state index in [1.807, 2.05) is 6.92 Å². The van der Waals surface area contributed by atoms with E-state index in [0.717, 1.165) is 0 Å². The number of aromatic nitrogens is 4. The first-order valence-corrected chi connectivity index (χ1v) is 9.13. The maximum atomic E-state index is 11.7. The van der Waals surface area contributed by atoms with Crippen molar-refractivity contribution >= 4 is 23.1 Å². The van der Waals surface area contributed by atoms with Crippen molar-refractivity contribution in [3.05, 3.63) is 12.2 Å². The van der Waals surface area contributed by atoms with Gasteiger partial charge in [0.25, 0.3) is 0 Å². The topological polar surface area (TPSA) is 115 Å². The van der Waals surface area contributed by atoms with Crippen LogP contribution in [0.5, 0.6) is 5.88 Å². The zero-order valence-electron chi connectivity index (χ0n) is 16.6. The van der Waals surface area contributed by atoms with Crippen LogP contribution in [-0.2, 0) is 23.8 Å². The molecule has 10 heteroatoms. The zero-order chi connectivity index (χ0) is 21.1. The maximum Gasteiger partial charge on any atom is 0.303 e. The van der Waals surface area contributed by atoms with Gasteiger partial charge in [0.1, 0.15) is 11.9 Å². The highest BCUT2D eigenvalue weighted by Crippen LogP contribution is 2.37. The Labute approximate surface area is 167 Å². The molecule has 2 aromatic rings. The van der Waals surface area contributed by atoms with Crippen molar-refractivity contribution in [1.82, 2.24) is 19.5 Å². The number of imidazole rings is 1. The van der Waals surface area contributed by atoms with Gasteiger partial charge in [-0.15, -0.1) is 6.42 Å². The predicted molar refractivity (Wildman–Crippen MR) is 99.7 cm³/mol. The minimum Gasteiger partial charge on any atom is -0.463 e. The highest BCUT2D eigenvalue weighted by Gasteiger charge is 2.49. The molecule has 0 bridgehead atoms. The highest BCUT2D eigenvalue weighted by molar-refractivity contribution is 5.76. The third-order valence-corrected chi connectivity index (χ3v) is 4.36. The average Bonchev–Trinajstić information content (AvgIpc) is 3.20. The molecule has 154 valence electrons. The number of esters is 2. The van der Waals surface area contributed by atoms with Crippen molar-refractivity contribution in [2.24, 2.45) is 0 Å². The number of aryl methyl sites for hydroxylation is 1. The Balaban J connectivity index is 2.06. The molecule has 0 N–H and O–H groups in total. The van der Waals surface area contributed by atoms with E-state index >= 15 is 0 Å². The van der Waals surface area contributed by atoms with Crippen molar-refractivity contribution in [3.8, 4) is 18.2 Å². The van der Waals surface area contributed by atoms with Crippen LogP contribution in [0.15, 0.2) is 6.33 Å². The molecule has 0 aliphatic carbocycles. The van der Waals surface area contributed by atoms with Gasteiger partial charge in [0.2, 0.25) is 5.88 Å². The second kappa shape index (κ2) is 8.45. The fourth-order valence-electron chi connectivity index (χ4n) is 3.30. The lowest BCUT2D eigenvalue weighted by Gasteiger charge is -2.23. The first kappa shape index (κ1) is 20.5. The van der Waals surface area contributed by atoms with Crippen LogP contribution in [0.4, 0.5) is 0 Å². The van der Waals surface area contributed by atoms with Crippen LogP contribution in [-0.4, -0.2) is 56.4 Å². The summed E-state index contributed by atoms with van der Waals surface area (Å²) >= 11 is 0. The molecule has 3 rings (SSSR count). The quantitative estimate of drug-likeness (QED) is 0.521. The minimum absolute atomic E-state index is 0.0286. The van der Waals surface area contributed by atoms with Gasteiger partial charge in [0.15, 0.2) is 36.2 Å². The fraction of sp³-hybridized carbons (Fsp3) is 0.526. The van der Waals surface area contributed by atoms with Gasteiger partial charge in [-0.25, -0.2) is 9.97 Å². The van der Waals surface area contributed by atoms with E-state index in [1.54, 1.807) is 11.5 Å². The third-order valence-electron chi connectivity index (χ3n) is 4.36. The number of hydrogen-bond donors (Lipinski definition) is 0. The highest BCUT2D eigenvalue weighted by atomic mass is 16.6. The third kappa shape index (κ3) is 4.14. The van der Waals surface area contributed by atoms with Crippen LogP contribution >= 0.6 is 0 Å². The van der Waals surface area contributed by atoms with Gasteiger partial charge in [0.05, 0.1) is 6.33 Å². The first-order chi connectivity index (χ1) is 13.8. The van der Waals surface area contributed by atoms with E-state index in [1.165, 1.54) is 20.2 Å². The van der Waals surface area contributed by atoms with Crippen LogP contribution in [0.1, 0.15) is 39.2 Å². The number of carbonyl (C=O) groups is 2. The number of hydrogen-bond acceptors (Lipinski definition) is 9. The smallest absolute Gasteiger partial charge is 0.303 e. The number of carbonyl (C=O) groups excluding carboxylic acids is 2. The molecule has 0 spiro atoms. The SMILES string of the molecule is C#CCOc1nc(C)nc2c1ncn2[C@@H]1O[C@H](CC)[C@H](OC(C)=O)C1OC(C)=O. The standard InChI is InChI=1S/C19H22N4O6/c1-6-8-26-18-14-17(21-10(3)22-18)23(9-20-14)19-16(28-12(5)25)15(27-11(4)24)13(7-2)29-19/h1,9,13,15-16,19H,7-8H2,2-5H3/t13-,15+,16?,19-/m1/s1. The maximum absolute atomic E-state index is 11.7. The Bertz CT molecular complexity index is 965. The van der Waals surface area contributed by atoms with Gasteiger partial charge >= 0.3 is 11.9 Å². The van der Waals surface area contributed by atoms with Crippen molar-refractivity contribution in [1.29, 1.82) is 0 Å². The van der Waals surface area contributed by atoms with E-state index in [2.05, 4.69) is 20.9 Å². The molecule has 4 atom stereocenters. The van der Waals surface area contributed by atoms with Gasteiger partial charge in [-0.1, -0.05) is 12.8 Å². The molecule has 10 nitrogen and oxygen atoms in total. The monoisotopic (exact) mass is 402 g/mol. The zero-order valence-corrected chi connectivity index (χ0v) is 16.6. The summed E-state index contributed by atoms with van der Waals surface area (Å²) in [4.78, 5) is 36.3. The van der Waals surface area contributed by atoms with E-state index in [-0.39, 0.29) is 12.5 Å². The van der Waals surface area contributed by atoms with Gasteiger partial charge in [-0.2, -0.15) is 4.98 Å². The van der Waals surface area contributed by atoms with Crippen LogP contribution in [0.2, 0.25) is 0 Å². The van der Waals surface area contributed by atoms with Gasteiger partial charge < -0.3 is 18.9 Å². The average molecular weight is 402 g/mol. The molecule has 1 fully saturated rings. The minimum atomic E-state index is -0.871. The molecule has 1 aliphatic heterocycles. The lowest BCUT2D eigenvalue weighted by Crippen LogP contribution is -2.38. The second-order valence-corrected chi connectivity index (χ2v) is 6.51. The van der Waals surface area contributed by atoms with Gasteiger partial charge in [-0.05, 0) is 13.3 Å². The molecule has 0 aromatic carbocycles. The van der Waals surface area contributed by atoms with Crippen LogP contribution in [0.25, 0.3) is 11.2 Å². The summed E-state index contributed by atoms with van der Waals surface area (Å²) in [6.45, 7) is 6.20. The molecule has 0 amide bonds. The Hall–Kier alpha value is -3.19. The molecular weight excluding hydrogens is 380 g/mol. The van der Waals surface area contributed by atoms with E-state index in [4.69, 9.17) is 25.4 Å².